The lowest BCUT2D eigenvalue weighted by molar-refractivity contribution is -0.132. The summed E-state index contributed by atoms with van der Waals surface area (Å²) in [5, 5.41) is 4.52. The first kappa shape index (κ1) is 16.6. The molecular weight excluding hydrogens is 302 g/mol. The topological polar surface area (TPSA) is 47.4 Å². The molecule has 128 valence electrons. The second-order valence-corrected chi connectivity index (χ2v) is 7.18. The van der Waals surface area contributed by atoms with Gasteiger partial charge in [-0.15, -0.1) is 0 Å². The third-order valence-corrected chi connectivity index (χ3v) is 4.25. The minimum absolute atomic E-state index is 0.0245. The fourth-order valence-electron chi connectivity index (χ4n) is 3.05. The van der Waals surface area contributed by atoms with E-state index in [1.807, 2.05) is 41.4 Å². The number of benzene rings is 1. The quantitative estimate of drug-likeness (QED) is 0.867. The van der Waals surface area contributed by atoms with Gasteiger partial charge < -0.3 is 9.64 Å². The number of ether oxygens (including phenoxy) is 1. The zero-order chi connectivity index (χ0) is 17.2. The van der Waals surface area contributed by atoms with Gasteiger partial charge in [-0.05, 0) is 32.9 Å². The van der Waals surface area contributed by atoms with Crippen LogP contribution in [0.4, 0.5) is 0 Å². The normalized spacial score (nSPS) is 14.4. The van der Waals surface area contributed by atoms with Crippen LogP contribution >= 0.6 is 0 Å². The zero-order valence-electron chi connectivity index (χ0n) is 14.7. The second-order valence-electron chi connectivity index (χ2n) is 7.18. The minimum atomic E-state index is -0.0245. The molecule has 0 saturated heterocycles. The van der Waals surface area contributed by atoms with Gasteiger partial charge in [-0.25, -0.2) is 0 Å². The number of carbonyl (C=O) groups excluding carboxylic acids is 1. The molecule has 1 aromatic heterocycles. The van der Waals surface area contributed by atoms with Gasteiger partial charge in [0.25, 0.3) is 0 Å². The van der Waals surface area contributed by atoms with Gasteiger partial charge in [0, 0.05) is 30.8 Å². The molecule has 5 heteroatoms. The molecular formula is C19H25N3O2. The van der Waals surface area contributed by atoms with Crippen LogP contribution in [0.25, 0.3) is 0 Å². The largest absolute Gasteiger partial charge is 0.493 e. The zero-order valence-corrected chi connectivity index (χ0v) is 14.7. The highest BCUT2D eigenvalue weighted by Gasteiger charge is 2.27. The molecule has 1 aliphatic rings. The maximum atomic E-state index is 12.4. The fraction of sp³-hybridized carbons (Fsp3) is 0.474. The van der Waals surface area contributed by atoms with E-state index in [1.165, 1.54) is 5.69 Å². The molecule has 0 N–H and O–H groups in total. The van der Waals surface area contributed by atoms with Crippen molar-refractivity contribution in [3.05, 3.63) is 47.8 Å². The number of aromatic nitrogens is 2. The summed E-state index contributed by atoms with van der Waals surface area (Å²) < 4.78 is 7.71. The van der Waals surface area contributed by atoms with E-state index >= 15 is 0 Å². The van der Waals surface area contributed by atoms with Gasteiger partial charge in [-0.1, -0.05) is 18.2 Å². The van der Waals surface area contributed by atoms with Gasteiger partial charge in [0.2, 0.25) is 5.91 Å². The number of hydrogen-bond acceptors (Lipinski definition) is 3. The Morgan fingerprint density at radius 3 is 2.71 bits per heavy atom. The van der Waals surface area contributed by atoms with E-state index in [0.717, 1.165) is 24.3 Å². The summed E-state index contributed by atoms with van der Waals surface area (Å²) in [4.78, 5) is 14.3. The first-order valence-corrected chi connectivity index (χ1v) is 8.47. The Morgan fingerprint density at radius 1 is 1.25 bits per heavy atom. The number of hydrogen-bond donors (Lipinski definition) is 0. The number of amides is 1. The lowest BCUT2D eigenvalue weighted by Gasteiger charge is -2.30. The van der Waals surface area contributed by atoms with Crippen LogP contribution in [0.15, 0.2) is 36.5 Å². The Morgan fingerprint density at radius 2 is 2.00 bits per heavy atom. The summed E-state index contributed by atoms with van der Waals surface area (Å²) in [5.41, 5.74) is 2.39. The smallest absolute Gasteiger partial charge is 0.226 e. The van der Waals surface area contributed by atoms with Crippen LogP contribution in [0.3, 0.4) is 0 Å². The van der Waals surface area contributed by atoms with Crippen molar-refractivity contribution in [3.63, 3.8) is 0 Å². The monoisotopic (exact) mass is 327 g/mol. The molecule has 1 amide bonds. The molecule has 0 bridgehead atoms. The van der Waals surface area contributed by atoms with Crippen LogP contribution < -0.4 is 4.74 Å². The standard InChI is InChI=1S/C19H25N3O2/c1-19(2,3)22-17-9-11-21(14-15(17)13-20-22)18(23)10-12-24-16-7-5-4-6-8-16/h4-8,13H,9-12,14H2,1-3H3. The van der Waals surface area contributed by atoms with Crippen LogP contribution in [-0.2, 0) is 23.3 Å². The van der Waals surface area contributed by atoms with Gasteiger partial charge >= 0.3 is 0 Å². The highest BCUT2D eigenvalue weighted by molar-refractivity contribution is 5.76. The Kier molecular flexibility index (Phi) is 4.60. The maximum absolute atomic E-state index is 12.4. The summed E-state index contributed by atoms with van der Waals surface area (Å²) in [7, 11) is 0. The molecule has 24 heavy (non-hydrogen) atoms. The van der Waals surface area contributed by atoms with E-state index in [0.29, 0.717) is 19.6 Å². The molecule has 0 saturated carbocycles. The van der Waals surface area contributed by atoms with Gasteiger partial charge in [0.15, 0.2) is 0 Å². The molecule has 0 fully saturated rings. The van der Waals surface area contributed by atoms with Crippen LogP contribution in [0.2, 0.25) is 0 Å². The Hall–Kier alpha value is -2.30. The summed E-state index contributed by atoms with van der Waals surface area (Å²) >= 11 is 0. The van der Waals surface area contributed by atoms with E-state index in [2.05, 4.69) is 30.6 Å². The molecule has 0 radical (unpaired) electrons. The van der Waals surface area contributed by atoms with E-state index < -0.39 is 0 Å². The van der Waals surface area contributed by atoms with Crippen molar-refractivity contribution >= 4 is 5.91 Å². The Bertz CT molecular complexity index is 701. The van der Waals surface area contributed by atoms with Crippen molar-refractivity contribution in [1.82, 2.24) is 14.7 Å². The summed E-state index contributed by atoms with van der Waals surface area (Å²) in [6.07, 6.45) is 3.16. The van der Waals surface area contributed by atoms with Crippen molar-refractivity contribution in [1.29, 1.82) is 0 Å². The minimum Gasteiger partial charge on any atom is -0.493 e. The number of nitrogens with zero attached hydrogens (tertiary/aromatic N) is 3. The third kappa shape index (κ3) is 3.61. The van der Waals surface area contributed by atoms with Gasteiger partial charge in [-0.3, -0.25) is 9.48 Å². The van der Waals surface area contributed by atoms with E-state index in [-0.39, 0.29) is 11.4 Å². The van der Waals surface area contributed by atoms with Crippen molar-refractivity contribution in [2.45, 2.75) is 45.7 Å². The van der Waals surface area contributed by atoms with E-state index in [4.69, 9.17) is 4.74 Å². The molecule has 5 nitrogen and oxygen atoms in total. The van der Waals surface area contributed by atoms with Gasteiger partial charge in [0.05, 0.1) is 24.8 Å². The number of carbonyl (C=O) groups is 1. The fourth-order valence-corrected chi connectivity index (χ4v) is 3.05. The molecule has 1 aromatic carbocycles. The van der Waals surface area contributed by atoms with E-state index in [9.17, 15) is 4.79 Å². The maximum Gasteiger partial charge on any atom is 0.226 e. The number of para-hydroxylation sites is 1. The highest BCUT2D eigenvalue weighted by atomic mass is 16.5. The first-order chi connectivity index (χ1) is 11.4. The molecule has 0 unspecified atom stereocenters. The number of fused-ring (bicyclic) bond motifs is 1. The molecule has 0 atom stereocenters. The average Bonchev–Trinajstić information content (AvgIpc) is 2.99. The summed E-state index contributed by atoms with van der Waals surface area (Å²) in [6.45, 7) is 8.26. The number of rotatable bonds is 4. The van der Waals surface area contributed by atoms with Crippen LogP contribution in [0, 0.1) is 0 Å². The van der Waals surface area contributed by atoms with Gasteiger partial charge in [-0.2, -0.15) is 5.10 Å². The molecule has 3 rings (SSSR count). The van der Waals surface area contributed by atoms with Crippen molar-refractivity contribution in [2.75, 3.05) is 13.2 Å². The average molecular weight is 327 g/mol. The van der Waals surface area contributed by atoms with E-state index in [1.54, 1.807) is 0 Å². The van der Waals surface area contributed by atoms with Crippen molar-refractivity contribution in [2.24, 2.45) is 0 Å². The lowest BCUT2D eigenvalue weighted by Crippen LogP contribution is -2.38. The molecule has 0 aliphatic carbocycles. The predicted molar refractivity (Wildman–Crippen MR) is 92.9 cm³/mol. The first-order valence-electron chi connectivity index (χ1n) is 8.47. The summed E-state index contributed by atoms with van der Waals surface area (Å²) in [6, 6.07) is 9.60. The third-order valence-electron chi connectivity index (χ3n) is 4.25. The van der Waals surface area contributed by atoms with Crippen LogP contribution in [-0.4, -0.2) is 33.7 Å². The molecule has 2 aromatic rings. The molecule has 1 aliphatic heterocycles. The lowest BCUT2D eigenvalue weighted by atomic mass is 10.0. The van der Waals surface area contributed by atoms with Crippen molar-refractivity contribution < 1.29 is 9.53 Å². The SMILES string of the molecule is CC(C)(C)n1ncc2c1CCN(C(=O)CCOc1ccccc1)C2. The van der Waals surface area contributed by atoms with Crippen LogP contribution in [0.1, 0.15) is 38.4 Å². The van der Waals surface area contributed by atoms with Crippen LogP contribution in [0.5, 0.6) is 5.75 Å². The molecule has 0 spiro atoms. The Labute approximate surface area is 143 Å². The highest BCUT2D eigenvalue weighted by Crippen LogP contribution is 2.24. The second kappa shape index (κ2) is 6.67. The van der Waals surface area contributed by atoms with Crippen molar-refractivity contribution in [3.8, 4) is 5.75 Å². The summed E-state index contributed by atoms with van der Waals surface area (Å²) in [5.74, 6) is 0.942. The van der Waals surface area contributed by atoms with Gasteiger partial charge in [0.1, 0.15) is 5.75 Å². The Balaban J connectivity index is 1.55. The predicted octanol–water partition coefficient (Wildman–Crippen LogP) is 2.99. The molecule has 2 heterocycles.